The third-order valence-electron chi connectivity index (χ3n) is 3.31. The fourth-order valence-corrected chi connectivity index (χ4v) is 2.54. The van der Waals surface area contributed by atoms with E-state index in [1.165, 1.54) is 0 Å². The molecule has 0 aromatic carbocycles. The van der Waals surface area contributed by atoms with Crippen molar-refractivity contribution >= 4 is 23.2 Å². The van der Waals surface area contributed by atoms with E-state index in [9.17, 15) is 4.79 Å². The van der Waals surface area contributed by atoms with Crippen LogP contribution < -0.4 is 16.0 Å². The normalized spacial score (nSPS) is 12.8. The number of hydrogen-bond acceptors (Lipinski definition) is 4. The molecule has 1 heterocycles. The Kier molecular flexibility index (Phi) is 9.28. The van der Waals surface area contributed by atoms with Crippen LogP contribution in [0.3, 0.4) is 0 Å². The van der Waals surface area contributed by atoms with E-state index in [2.05, 4.69) is 38.2 Å². The summed E-state index contributed by atoms with van der Waals surface area (Å²) in [4.78, 5) is 20.6. The highest BCUT2D eigenvalue weighted by Crippen LogP contribution is 2.07. The van der Waals surface area contributed by atoms with E-state index in [1.807, 2.05) is 20.8 Å². The Morgan fingerprint density at radius 1 is 1.39 bits per heavy atom. The molecular formula is C16H29N5OS. The predicted molar refractivity (Wildman–Crippen MR) is 97.0 cm³/mol. The van der Waals surface area contributed by atoms with Crippen molar-refractivity contribution in [2.45, 2.75) is 53.0 Å². The average Bonchev–Trinajstić information content (AvgIpc) is 2.92. The maximum absolute atomic E-state index is 11.7. The first-order chi connectivity index (χ1) is 11.0. The number of carbonyl (C=O) groups excluding carboxylic acids is 1. The van der Waals surface area contributed by atoms with Gasteiger partial charge < -0.3 is 16.0 Å². The molecule has 1 unspecified atom stereocenters. The molecule has 0 saturated carbocycles. The van der Waals surface area contributed by atoms with Gasteiger partial charge in [-0.15, -0.1) is 11.3 Å². The van der Waals surface area contributed by atoms with E-state index >= 15 is 0 Å². The van der Waals surface area contributed by atoms with Crippen LogP contribution in [0.25, 0.3) is 0 Å². The molecule has 0 aliphatic rings. The molecular weight excluding hydrogens is 310 g/mol. The van der Waals surface area contributed by atoms with Crippen LogP contribution in [0.5, 0.6) is 0 Å². The Morgan fingerprint density at radius 3 is 2.78 bits per heavy atom. The molecule has 0 saturated heterocycles. The second-order valence-corrected chi connectivity index (χ2v) is 6.48. The summed E-state index contributed by atoms with van der Waals surface area (Å²) in [6.45, 7) is 10.1. The van der Waals surface area contributed by atoms with Crippen LogP contribution in [0, 0.1) is 6.92 Å². The van der Waals surface area contributed by atoms with Gasteiger partial charge in [-0.05, 0) is 27.2 Å². The van der Waals surface area contributed by atoms with Crippen molar-refractivity contribution in [3.63, 3.8) is 0 Å². The molecule has 0 aliphatic carbocycles. The van der Waals surface area contributed by atoms with Gasteiger partial charge in [0.25, 0.3) is 0 Å². The number of guanidine groups is 1. The third-order valence-corrected chi connectivity index (χ3v) is 4.14. The monoisotopic (exact) mass is 339 g/mol. The lowest BCUT2D eigenvalue weighted by molar-refractivity contribution is -0.121. The van der Waals surface area contributed by atoms with E-state index < -0.39 is 0 Å². The van der Waals surface area contributed by atoms with E-state index in [0.29, 0.717) is 13.0 Å². The number of aryl methyl sites for hydroxylation is 1. The van der Waals surface area contributed by atoms with Gasteiger partial charge in [0.2, 0.25) is 5.91 Å². The number of aromatic nitrogens is 1. The number of rotatable bonds is 9. The Bertz CT molecular complexity index is 500. The molecule has 0 radical (unpaired) electrons. The topological polar surface area (TPSA) is 78.4 Å². The molecule has 1 aromatic rings. The van der Waals surface area contributed by atoms with E-state index in [4.69, 9.17) is 0 Å². The van der Waals surface area contributed by atoms with Gasteiger partial charge in [-0.2, -0.15) is 0 Å². The molecule has 7 heteroatoms. The van der Waals surface area contributed by atoms with Crippen molar-refractivity contribution in [1.82, 2.24) is 20.9 Å². The number of aliphatic imine (C=N–C) groups is 1. The van der Waals surface area contributed by atoms with Crippen LogP contribution in [0.1, 0.15) is 44.3 Å². The van der Waals surface area contributed by atoms with Gasteiger partial charge in [-0.1, -0.05) is 6.92 Å². The lowest BCUT2D eigenvalue weighted by Crippen LogP contribution is -2.38. The molecule has 0 fully saturated rings. The number of carbonyl (C=O) groups is 1. The van der Waals surface area contributed by atoms with Crippen LogP contribution in [0.2, 0.25) is 0 Å². The van der Waals surface area contributed by atoms with Crippen LogP contribution >= 0.6 is 11.3 Å². The first-order valence-corrected chi connectivity index (χ1v) is 9.15. The zero-order valence-electron chi connectivity index (χ0n) is 14.6. The number of nitrogens with one attached hydrogen (secondary N) is 3. The molecule has 1 aromatic heterocycles. The summed E-state index contributed by atoms with van der Waals surface area (Å²) >= 11 is 1.67. The lowest BCUT2D eigenvalue weighted by Gasteiger charge is -2.12. The Labute approximate surface area is 143 Å². The van der Waals surface area contributed by atoms with Crippen molar-refractivity contribution in [3.8, 4) is 0 Å². The van der Waals surface area contributed by atoms with Crippen molar-refractivity contribution in [2.75, 3.05) is 19.6 Å². The Morgan fingerprint density at radius 2 is 2.17 bits per heavy atom. The molecule has 0 aliphatic heterocycles. The maximum atomic E-state index is 11.7. The molecule has 0 bridgehead atoms. The molecule has 6 nitrogen and oxygen atoms in total. The quantitative estimate of drug-likeness (QED) is 0.474. The summed E-state index contributed by atoms with van der Waals surface area (Å²) < 4.78 is 0. The second kappa shape index (κ2) is 11.0. The molecule has 0 spiro atoms. The fourth-order valence-electron chi connectivity index (χ4n) is 1.89. The first-order valence-electron chi connectivity index (χ1n) is 8.27. The first kappa shape index (κ1) is 19.4. The average molecular weight is 340 g/mol. The lowest BCUT2D eigenvalue weighted by atomic mass is 10.2. The van der Waals surface area contributed by atoms with Crippen molar-refractivity contribution in [2.24, 2.45) is 4.99 Å². The van der Waals surface area contributed by atoms with Gasteiger partial charge in [-0.25, -0.2) is 4.98 Å². The standard InChI is InChI=1S/C16H29N5OS/c1-5-12(3)20-15(22)8-10-19-16(17-6-2)18-9-7-14-11-23-13(4)21-14/h11-12H,5-10H2,1-4H3,(H,20,22)(H2,17,18,19). The molecule has 130 valence electrons. The summed E-state index contributed by atoms with van der Waals surface area (Å²) in [5.41, 5.74) is 1.10. The Hall–Kier alpha value is -1.63. The molecule has 23 heavy (non-hydrogen) atoms. The summed E-state index contributed by atoms with van der Waals surface area (Å²) in [5.74, 6) is 0.799. The summed E-state index contributed by atoms with van der Waals surface area (Å²) in [5, 5.41) is 12.6. The summed E-state index contributed by atoms with van der Waals surface area (Å²) in [6.07, 6.45) is 2.21. The van der Waals surface area contributed by atoms with Crippen molar-refractivity contribution < 1.29 is 4.79 Å². The van der Waals surface area contributed by atoms with Gasteiger partial charge >= 0.3 is 0 Å². The highest BCUT2D eigenvalue weighted by molar-refractivity contribution is 7.09. The molecule has 1 atom stereocenters. The minimum absolute atomic E-state index is 0.0527. The largest absolute Gasteiger partial charge is 0.357 e. The SMILES string of the molecule is CCNC(=NCCC(=O)NC(C)CC)NCCc1csc(C)n1. The van der Waals surface area contributed by atoms with Gasteiger partial charge in [0.15, 0.2) is 5.96 Å². The van der Waals surface area contributed by atoms with Crippen LogP contribution in [0.15, 0.2) is 10.4 Å². The smallest absolute Gasteiger partial charge is 0.222 e. The van der Waals surface area contributed by atoms with E-state index in [0.717, 1.165) is 42.6 Å². The highest BCUT2D eigenvalue weighted by atomic mass is 32.1. The molecule has 1 amide bonds. The van der Waals surface area contributed by atoms with Crippen molar-refractivity contribution in [1.29, 1.82) is 0 Å². The zero-order chi connectivity index (χ0) is 17.1. The Balaban J connectivity index is 2.33. The fraction of sp³-hybridized carbons (Fsp3) is 0.688. The molecule has 3 N–H and O–H groups in total. The number of nitrogens with zero attached hydrogens (tertiary/aromatic N) is 2. The number of amides is 1. The maximum Gasteiger partial charge on any atom is 0.222 e. The van der Waals surface area contributed by atoms with E-state index in [1.54, 1.807) is 11.3 Å². The van der Waals surface area contributed by atoms with Crippen LogP contribution in [-0.2, 0) is 11.2 Å². The number of thiazole rings is 1. The minimum Gasteiger partial charge on any atom is -0.357 e. The minimum atomic E-state index is 0.0527. The van der Waals surface area contributed by atoms with Crippen molar-refractivity contribution in [3.05, 3.63) is 16.1 Å². The van der Waals surface area contributed by atoms with E-state index in [-0.39, 0.29) is 11.9 Å². The molecule has 1 rings (SSSR count). The van der Waals surface area contributed by atoms with Crippen LogP contribution in [0.4, 0.5) is 0 Å². The summed E-state index contributed by atoms with van der Waals surface area (Å²) in [7, 11) is 0. The zero-order valence-corrected chi connectivity index (χ0v) is 15.4. The van der Waals surface area contributed by atoms with Gasteiger partial charge in [-0.3, -0.25) is 9.79 Å². The van der Waals surface area contributed by atoms with Gasteiger partial charge in [0.1, 0.15) is 0 Å². The highest BCUT2D eigenvalue weighted by Gasteiger charge is 2.05. The van der Waals surface area contributed by atoms with Gasteiger partial charge in [0.05, 0.1) is 17.2 Å². The second-order valence-electron chi connectivity index (χ2n) is 5.42. The van der Waals surface area contributed by atoms with Crippen LogP contribution in [-0.4, -0.2) is 42.5 Å². The predicted octanol–water partition coefficient (Wildman–Crippen LogP) is 1.85. The summed E-state index contributed by atoms with van der Waals surface area (Å²) in [6, 6.07) is 0.222. The van der Waals surface area contributed by atoms with Gasteiger partial charge in [0, 0.05) is 37.4 Å². The third kappa shape index (κ3) is 8.54. The number of hydrogen-bond donors (Lipinski definition) is 3.